The predicted molar refractivity (Wildman–Crippen MR) is 94.5 cm³/mol. The molecular weight excluding hydrogens is 328 g/mol. The number of carbonyl (C=O) groups excluding carboxylic acids is 1. The lowest BCUT2D eigenvalue weighted by atomic mass is 9.84. The molecule has 24 heavy (non-hydrogen) atoms. The first-order valence-corrected chi connectivity index (χ1v) is 8.61. The van der Waals surface area contributed by atoms with Crippen molar-refractivity contribution in [1.29, 1.82) is 0 Å². The summed E-state index contributed by atoms with van der Waals surface area (Å²) in [7, 11) is 0. The van der Waals surface area contributed by atoms with Crippen LogP contribution in [0.3, 0.4) is 0 Å². The van der Waals surface area contributed by atoms with Gasteiger partial charge in [-0.15, -0.1) is 12.4 Å². The highest BCUT2D eigenvalue weighted by Crippen LogP contribution is 2.47. The van der Waals surface area contributed by atoms with Gasteiger partial charge >= 0.3 is 0 Å². The monoisotopic (exact) mass is 352 g/mol. The Morgan fingerprint density at radius 1 is 1.17 bits per heavy atom. The van der Waals surface area contributed by atoms with Crippen LogP contribution in [0, 0.1) is 17.8 Å². The lowest BCUT2D eigenvalue weighted by molar-refractivity contribution is -0.121. The highest BCUT2D eigenvalue weighted by Gasteiger charge is 2.49. The quantitative estimate of drug-likeness (QED) is 0.873. The summed E-state index contributed by atoms with van der Waals surface area (Å²) in [5.74, 6) is 1.87. The van der Waals surface area contributed by atoms with Crippen molar-refractivity contribution in [2.75, 3.05) is 18.5 Å². The van der Waals surface area contributed by atoms with Gasteiger partial charge in [-0.05, 0) is 55.4 Å². The van der Waals surface area contributed by atoms with Gasteiger partial charge in [0.1, 0.15) is 11.9 Å². The van der Waals surface area contributed by atoms with Crippen molar-refractivity contribution in [2.45, 2.75) is 37.8 Å². The number of nitrogens with one attached hydrogen (secondary N) is 1. The molecule has 1 aliphatic heterocycles. The van der Waals surface area contributed by atoms with Gasteiger partial charge < -0.3 is 20.5 Å². The standard InChI is InChI=1S/C18H24N2O3.ClH/c19-17-12-2-1-11(9-12)16(17)18(21)20-13-3-5-14(6-4-13)23-15-7-8-22-10-15;/h3-6,11-12,15-17H,1-2,7-10,19H2,(H,20,21);1H. The molecule has 2 bridgehead atoms. The number of nitrogens with two attached hydrogens (primary N) is 1. The molecule has 3 N–H and O–H groups in total. The summed E-state index contributed by atoms with van der Waals surface area (Å²) in [6, 6.07) is 7.60. The van der Waals surface area contributed by atoms with E-state index in [-0.39, 0.29) is 36.4 Å². The lowest BCUT2D eigenvalue weighted by Crippen LogP contribution is -2.42. The summed E-state index contributed by atoms with van der Waals surface area (Å²) >= 11 is 0. The van der Waals surface area contributed by atoms with Gasteiger partial charge in [-0.3, -0.25) is 4.79 Å². The van der Waals surface area contributed by atoms with Crippen LogP contribution in [0.1, 0.15) is 25.7 Å². The van der Waals surface area contributed by atoms with Crippen molar-refractivity contribution in [1.82, 2.24) is 0 Å². The minimum Gasteiger partial charge on any atom is -0.488 e. The fourth-order valence-electron chi connectivity index (χ4n) is 4.37. The molecule has 0 radical (unpaired) electrons. The third-order valence-corrected chi connectivity index (χ3v) is 5.60. The first-order valence-electron chi connectivity index (χ1n) is 8.61. The van der Waals surface area contributed by atoms with Gasteiger partial charge in [0.05, 0.1) is 19.1 Å². The zero-order valence-electron chi connectivity index (χ0n) is 13.6. The van der Waals surface area contributed by atoms with E-state index in [2.05, 4.69) is 5.32 Å². The topological polar surface area (TPSA) is 73.6 Å². The molecule has 1 aromatic carbocycles. The molecule has 3 aliphatic rings. The van der Waals surface area contributed by atoms with E-state index in [9.17, 15) is 4.79 Å². The molecule has 3 fully saturated rings. The second-order valence-electron chi connectivity index (χ2n) is 7.05. The zero-order valence-corrected chi connectivity index (χ0v) is 14.5. The Labute approximate surface area is 148 Å². The number of halogens is 1. The maximum absolute atomic E-state index is 12.5. The van der Waals surface area contributed by atoms with E-state index < -0.39 is 0 Å². The molecule has 0 spiro atoms. The van der Waals surface area contributed by atoms with Crippen LogP contribution in [0.2, 0.25) is 0 Å². The molecule has 2 saturated carbocycles. The van der Waals surface area contributed by atoms with Gasteiger partial charge in [-0.25, -0.2) is 0 Å². The fraction of sp³-hybridized carbons (Fsp3) is 0.611. The van der Waals surface area contributed by atoms with Crippen molar-refractivity contribution in [2.24, 2.45) is 23.5 Å². The number of amides is 1. The Balaban J connectivity index is 0.00000169. The highest BCUT2D eigenvalue weighted by atomic mass is 35.5. The van der Waals surface area contributed by atoms with Crippen LogP contribution in [0.5, 0.6) is 5.75 Å². The molecule has 1 aromatic rings. The minimum absolute atomic E-state index is 0. The van der Waals surface area contributed by atoms with Crippen LogP contribution in [0.15, 0.2) is 24.3 Å². The van der Waals surface area contributed by atoms with Gasteiger partial charge in [0.25, 0.3) is 0 Å². The van der Waals surface area contributed by atoms with Crippen LogP contribution >= 0.6 is 12.4 Å². The highest BCUT2D eigenvalue weighted by molar-refractivity contribution is 5.93. The van der Waals surface area contributed by atoms with Gasteiger partial charge in [0, 0.05) is 18.2 Å². The van der Waals surface area contributed by atoms with E-state index >= 15 is 0 Å². The van der Waals surface area contributed by atoms with Gasteiger partial charge in [-0.2, -0.15) is 0 Å². The van der Waals surface area contributed by atoms with Crippen LogP contribution in [0.25, 0.3) is 0 Å². The molecule has 5 unspecified atom stereocenters. The van der Waals surface area contributed by atoms with Crippen molar-refractivity contribution in [3.05, 3.63) is 24.3 Å². The van der Waals surface area contributed by atoms with E-state index in [0.29, 0.717) is 18.4 Å². The van der Waals surface area contributed by atoms with E-state index in [0.717, 1.165) is 37.3 Å². The van der Waals surface area contributed by atoms with Gasteiger partial charge in [0.2, 0.25) is 5.91 Å². The van der Waals surface area contributed by atoms with Crippen LogP contribution in [-0.2, 0) is 9.53 Å². The number of fused-ring (bicyclic) bond motifs is 2. The first kappa shape index (κ1) is 17.5. The van der Waals surface area contributed by atoms with Crippen LogP contribution in [0.4, 0.5) is 5.69 Å². The zero-order chi connectivity index (χ0) is 15.8. The number of ether oxygens (including phenoxy) is 2. The second kappa shape index (κ2) is 7.30. The molecule has 6 heteroatoms. The molecular formula is C18H25ClN2O3. The summed E-state index contributed by atoms with van der Waals surface area (Å²) in [6.45, 7) is 1.42. The summed E-state index contributed by atoms with van der Waals surface area (Å²) in [6.07, 6.45) is 4.53. The minimum atomic E-state index is -0.0275. The van der Waals surface area contributed by atoms with Crippen LogP contribution < -0.4 is 15.8 Å². The predicted octanol–water partition coefficient (Wildman–Crippen LogP) is 2.59. The molecule has 1 heterocycles. The Morgan fingerprint density at radius 2 is 1.92 bits per heavy atom. The van der Waals surface area contributed by atoms with E-state index in [4.69, 9.17) is 15.2 Å². The van der Waals surface area contributed by atoms with Crippen LogP contribution in [-0.4, -0.2) is 31.3 Å². The molecule has 2 aliphatic carbocycles. The van der Waals surface area contributed by atoms with E-state index in [1.165, 1.54) is 6.42 Å². The lowest BCUT2D eigenvalue weighted by Gasteiger charge is -2.27. The van der Waals surface area contributed by atoms with Crippen molar-refractivity contribution in [3.63, 3.8) is 0 Å². The maximum atomic E-state index is 12.5. The summed E-state index contributed by atoms with van der Waals surface area (Å²) in [5, 5.41) is 3.02. The molecule has 0 aromatic heterocycles. The average Bonchev–Trinajstić information content (AvgIpc) is 3.26. The number of hydrogen-bond donors (Lipinski definition) is 2. The summed E-state index contributed by atoms with van der Waals surface area (Å²) in [5.41, 5.74) is 7.05. The van der Waals surface area contributed by atoms with Gasteiger partial charge in [-0.1, -0.05) is 0 Å². The molecule has 1 saturated heterocycles. The SMILES string of the molecule is Cl.NC1C2CCC(C2)C1C(=O)Nc1ccc(OC2CCOC2)cc1. The maximum Gasteiger partial charge on any atom is 0.229 e. The van der Waals surface area contributed by atoms with Crippen molar-refractivity contribution < 1.29 is 14.3 Å². The number of hydrogen-bond acceptors (Lipinski definition) is 4. The molecule has 132 valence electrons. The Bertz CT molecular complexity index is 572. The summed E-state index contributed by atoms with van der Waals surface area (Å²) in [4.78, 5) is 12.5. The third-order valence-electron chi connectivity index (χ3n) is 5.60. The number of anilines is 1. The number of benzene rings is 1. The smallest absolute Gasteiger partial charge is 0.229 e. The van der Waals surface area contributed by atoms with Crippen molar-refractivity contribution in [3.8, 4) is 5.75 Å². The largest absolute Gasteiger partial charge is 0.488 e. The van der Waals surface area contributed by atoms with E-state index in [1.54, 1.807) is 0 Å². The Morgan fingerprint density at radius 3 is 2.54 bits per heavy atom. The number of carbonyl (C=O) groups is 1. The van der Waals surface area contributed by atoms with E-state index in [1.807, 2.05) is 24.3 Å². The normalized spacial score (nSPS) is 34.0. The number of rotatable bonds is 4. The molecule has 1 amide bonds. The Hall–Kier alpha value is -1.30. The third kappa shape index (κ3) is 3.39. The van der Waals surface area contributed by atoms with Crippen molar-refractivity contribution >= 4 is 24.0 Å². The molecule has 4 rings (SSSR count). The Kier molecular flexibility index (Phi) is 5.33. The second-order valence-corrected chi connectivity index (χ2v) is 7.05. The molecule has 5 atom stereocenters. The first-order chi connectivity index (χ1) is 11.2. The molecule has 5 nitrogen and oxygen atoms in total. The summed E-state index contributed by atoms with van der Waals surface area (Å²) < 4.78 is 11.1. The van der Waals surface area contributed by atoms with Gasteiger partial charge in [0.15, 0.2) is 0 Å². The fourth-order valence-corrected chi connectivity index (χ4v) is 4.37. The average molecular weight is 353 g/mol.